The number of amides is 1. The van der Waals surface area contributed by atoms with E-state index >= 15 is 0 Å². The van der Waals surface area contributed by atoms with Gasteiger partial charge in [0, 0.05) is 12.1 Å². The molecule has 2 aromatic rings. The second kappa shape index (κ2) is 9.20. The molecule has 1 amide bonds. The topological polar surface area (TPSA) is 58.6 Å². The van der Waals surface area contributed by atoms with Gasteiger partial charge in [0.15, 0.2) is 5.78 Å². The molecule has 0 spiro atoms. The molecule has 25 heavy (non-hydrogen) atoms. The predicted octanol–water partition coefficient (Wildman–Crippen LogP) is 3.49. The van der Waals surface area contributed by atoms with Gasteiger partial charge in [0.2, 0.25) is 5.91 Å². The first-order valence-corrected chi connectivity index (χ1v) is 8.31. The van der Waals surface area contributed by atoms with Crippen molar-refractivity contribution in [3.8, 4) is 5.75 Å². The van der Waals surface area contributed by atoms with Gasteiger partial charge in [-0.25, -0.2) is 0 Å². The highest BCUT2D eigenvalue weighted by molar-refractivity contribution is 6.32. The molecule has 0 saturated heterocycles. The first-order valence-electron chi connectivity index (χ1n) is 7.93. The van der Waals surface area contributed by atoms with Crippen LogP contribution in [0.15, 0.2) is 48.5 Å². The molecule has 6 heteroatoms. The van der Waals surface area contributed by atoms with Crippen LogP contribution < -0.4 is 10.1 Å². The number of benzene rings is 2. The van der Waals surface area contributed by atoms with E-state index in [2.05, 4.69) is 5.32 Å². The van der Waals surface area contributed by atoms with Crippen LogP contribution in [0.1, 0.15) is 17.3 Å². The predicted molar refractivity (Wildman–Crippen MR) is 99.5 cm³/mol. The van der Waals surface area contributed by atoms with Gasteiger partial charge in [-0.05, 0) is 38.2 Å². The van der Waals surface area contributed by atoms with E-state index in [-0.39, 0.29) is 18.2 Å². The lowest BCUT2D eigenvalue weighted by molar-refractivity contribution is -0.117. The molecule has 2 rings (SSSR count). The molecule has 0 aromatic heterocycles. The number of likely N-dealkylation sites (N-methyl/N-ethyl adjacent to an activating group) is 1. The number of carbonyl (C=O) groups excluding carboxylic acids is 2. The average Bonchev–Trinajstić information content (AvgIpc) is 2.56. The molecule has 0 aliphatic heterocycles. The van der Waals surface area contributed by atoms with E-state index in [0.717, 1.165) is 0 Å². The SMILES string of the molecule is CC(=O)c1ccccc1NC(=O)CN(C)CCOc1ccccc1Cl. The Labute approximate surface area is 152 Å². The van der Waals surface area contributed by atoms with Gasteiger partial charge in [-0.1, -0.05) is 35.9 Å². The lowest BCUT2D eigenvalue weighted by Gasteiger charge is -2.17. The summed E-state index contributed by atoms with van der Waals surface area (Å²) in [5.74, 6) is 0.351. The van der Waals surface area contributed by atoms with Gasteiger partial charge in [0.1, 0.15) is 12.4 Å². The molecule has 0 aliphatic rings. The maximum atomic E-state index is 12.2. The lowest BCUT2D eigenvalue weighted by atomic mass is 10.1. The maximum Gasteiger partial charge on any atom is 0.238 e. The second-order valence-corrected chi connectivity index (χ2v) is 6.07. The molecule has 0 aliphatic carbocycles. The summed E-state index contributed by atoms with van der Waals surface area (Å²) in [6, 6.07) is 14.2. The fraction of sp³-hybridized carbons (Fsp3) is 0.263. The van der Waals surface area contributed by atoms with Crippen molar-refractivity contribution in [2.45, 2.75) is 6.92 Å². The van der Waals surface area contributed by atoms with Crippen LogP contribution in [0.4, 0.5) is 5.69 Å². The zero-order valence-corrected chi connectivity index (χ0v) is 15.0. The Kier molecular flexibility index (Phi) is 6.98. The Morgan fingerprint density at radius 2 is 1.80 bits per heavy atom. The van der Waals surface area contributed by atoms with Crippen LogP contribution in [0.25, 0.3) is 0 Å². The Balaban J connectivity index is 1.80. The average molecular weight is 361 g/mol. The minimum absolute atomic E-state index is 0.0857. The minimum Gasteiger partial charge on any atom is -0.491 e. The van der Waals surface area contributed by atoms with E-state index in [1.54, 1.807) is 36.4 Å². The summed E-state index contributed by atoms with van der Waals surface area (Å²) < 4.78 is 5.61. The smallest absolute Gasteiger partial charge is 0.238 e. The number of Topliss-reactive ketones (excluding diaryl/α,β-unsaturated/α-hetero) is 1. The number of halogens is 1. The zero-order valence-electron chi connectivity index (χ0n) is 14.3. The first-order chi connectivity index (χ1) is 12.0. The van der Waals surface area contributed by atoms with Crippen LogP contribution in [0.3, 0.4) is 0 Å². The van der Waals surface area contributed by atoms with Crippen LogP contribution in [-0.2, 0) is 4.79 Å². The zero-order chi connectivity index (χ0) is 18.2. The van der Waals surface area contributed by atoms with E-state index in [4.69, 9.17) is 16.3 Å². The van der Waals surface area contributed by atoms with Crippen LogP contribution in [-0.4, -0.2) is 43.3 Å². The molecular formula is C19H21ClN2O3. The fourth-order valence-electron chi connectivity index (χ4n) is 2.29. The van der Waals surface area contributed by atoms with Crippen molar-refractivity contribution < 1.29 is 14.3 Å². The third kappa shape index (κ3) is 5.89. The lowest BCUT2D eigenvalue weighted by Crippen LogP contribution is -2.33. The number of nitrogens with one attached hydrogen (secondary N) is 1. The highest BCUT2D eigenvalue weighted by Gasteiger charge is 2.11. The highest BCUT2D eigenvalue weighted by Crippen LogP contribution is 2.22. The number of ether oxygens (including phenoxy) is 1. The minimum atomic E-state index is -0.186. The molecule has 0 fully saturated rings. The molecular weight excluding hydrogens is 340 g/mol. The van der Waals surface area contributed by atoms with Crippen LogP contribution in [0, 0.1) is 0 Å². The number of nitrogens with zero attached hydrogens (tertiary/aromatic N) is 1. The maximum absolute atomic E-state index is 12.2. The normalized spacial score (nSPS) is 10.6. The van der Waals surface area contributed by atoms with Gasteiger partial charge in [0.05, 0.1) is 17.3 Å². The van der Waals surface area contributed by atoms with Crippen LogP contribution >= 0.6 is 11.6 Å². The molecule has 132 valence electrons. The van der Waals surface area contributed by atoms with E-state index < -0.39 is 0 Å². The quantitative estimate of drug-likeness (QED) is 0.732. The molecule has 0 bridgehead atoms. The van der Waals surface area contributed by atoms with Crippen molar-refractivity contribution in [3.05, 3.63) is 59.1 Å². The summed E-state index contributed by atoms with van der Waals surface area (Å²) in [5, 5.41) is 3.34. The van der Waals surface area contributed by atoms with Gasteiger partial charge < -0.3 is 10.1 Å². The number of rotatable bonds is 8. The van der Waals surface area contributed by atoms with E-state index in [1.165, 1.54) is 6.92 Å². The number of para-hydroxylation sites is 2. The summed E-state index contributed by atoms with van der Waals surface area (Å²) in [4.78, 5) is 25.6. The van der Waals surface area contributed by atoms with E-state index in [1.807, 2.05) is 24.1 Å². The van der Waals surface area contributed by atoms with Crippen LogP contribution in [0.5, 0.6) is 5.75 Å². The van der Waals surface area contributed by atoms with Gasteiger partial charge in [-0.3, -0.25) is 14.5 Å². The molecule has 0 radical (unpaired) electrons. The Morgan fingerprint density at radius 3 is 2.52 bits per heavy atom. The Hall–Kier alpha value is -2.37. The van der Waals surface area contributed by atoms with Crippen molar-refractivity contribution in [1.82, 2.24) is 4.90 Å². The summed E-state index contributed by atoms with van der Waals surface area (Å²) in [6.07, 6.45) is 0. The molecule has 2 aromatic carbocycles. The molecule has 5 nitrogen and oxygen atoms in total. The van der Waals surface area contributed by atoms with Crippen molar-refractivity contribution in [2.75, 3.05) is 32.1 Å². The van der Waals surface area contributed by atoms with Crippen molar-refractivity contribution >= 4 is 29.0 Å². The third-order valence-corrected chi connectivity index (χ3v) is 3.87. The van der Waals surface area contributed by atoms with Crippen molar-refractivity contribution in [3.63, 3.8) is 0 Å². The van der Waals surface area contributed by atoms with Crippen molar-refractivity contribution in [2.24, 2.45) is 0 Å². The highest BCUT2D eigenvalue weighted by atomic mass is 35.5. The summed E-state index contributed by atoms with van der Waals surface area (Å²) >= 11 is 6.02. The fourth-order valence-corrected chi connectivity index (χ4v) is 2.48. The van der Waals surface area contributed by atoms with E-state index in [0.29, 0.717) is 35.2 Å². The molecule has 0 unspecified atom stereocenters. The molecule has 0 heterocycles. The largest absolute Gasteiger partial charge is 0.491 e. The summed E-state index contributed by atoms with van der Waals surface area (Å²) in [7, 11) is 1.83. The van der Waals surface area contributed by atoms with Gasteiger partial charge in [-0.2, -0.15) is 0 Å². The monoisotopic (exact) mass is 360 g/mol. The Morgan fingerprint density at radius 1 is 1.12 bits per heavy atom. The third-order valence-electron chi connectivity index (χ3n) is 3.56. The van der Waals surface area contributed by atoms with Crippen molar-refractivity contribution in [1.29, 1.82) is 0 Å². The molecule has 0 saturated carbocycles. The number of anilines is 1. The van der Waals surface area contributed by atoms with Gasteiger partial charge >= 0.3 is 0 Å². The first kappa shape index (κ1) is 19.0. The number of hydrogen-bond acceptors (Lipinski definition) is 4. The molecule has 0 atom stereocenters. The standard InChI is InChI=1S/C19H21ClN2O3/c1-14(23)15-7-3-5-9-17(15)21-19(24)13-22(2)11-12-25-18-10-6-4-8-16(18)20/h3-10H,11-13H2,1-2H3,(H,21,24). The number of ketones is 1. The van der Waals surface area contributed by atoms with Gasteiger partial charge in [0.25, 0.3) is 0 Å². The summed E-state index contributed by atoms with van der Waals surface area (Å²) in [6.45, 7) is 2.64. The van der Waals surface area contributed by atoms with Gasteiger partial charge in [-0.15, -0.1) is 0 Å². The van der Waals surface area contributed by atoms with E-state index in [9.17, 15) is 9.59 Å². The number of carbonyl (C=O) groups is 2. The second-order valence-electron chi connectivity index (χ2n) is 5.67. The Bertz CT molecular complexity index is 749. The molecule has 1 N–H and O–H groups in total. The van der Waals surface area contributed by atoms with Crippen LogP contribution in [0.2, 0.25) is 5.02 Å². The summed E-state index contributed by atoms with van der Waals surface area (Å²) in [5.41, 5.74) is 1.03. The number of hydrogen-bond donors (Lipinski definition) is 1.